The van der Waals surface area contributed by atoms with E-state index in [2.05, 4.69) is 42.6 Å². The van der Waals surface area contributed by atoms with Gasteiger partial charge in [0.15, 0.2) is 0 Å². The largest absolute Gasteiger partial charge is 0.395 e. The summed E-state index contributed by atoms with van der Waals surface area (Å²) in [6.45, 7) is 5.76. The lowest BCUT2D eigenvalue weighted by Gasteiger charge is -2.30. The highest BCUT2D eigenvalue weighted by molar-refractivity contribution is 7.97. The van der Waals surface area contributed by atoms with Gasteiger partial charge in [0.1, 0.15) is 17.9 Å². The molecule has 5 N–H and O–H groups in total. The van der Waals surface area contributed by atoms with Crippen molar-refractivity contribution in [1.82, 2.24) is 9.62 Å². The molecule has 0 spiro atoms. The van der Waals surface area contributed by atoms with Crippen molar-refractivity contribution in [1.29, 1.82) is 0 Å². The number of rotatable bonds is 18. The Morgan fingerprint density at radius 2 is 1.48 bits per heavy atom. The van der Waals surface area contributed by atoms with E-state index in [0.29, 0.717) is 29.4 Å². The Morgan fingerprint density at radius 3 is 1.91 bits per heavy atom. The van der Waals surface area contributed by atoms with Crippen LogP contribution in [0.5, 0.6) is 0 Å². The molecule has 3 aromatic carbocycles. The molecule has 3 atom stereocenters. The minimum atomic E-state index is -0.768. The molecule has 46 heavy (non-hydrogen) atoms. The zero-order chi connectivity index (χ0) is 33.5. The number of carbonyl (C=O) groups is 1. The molecule has 3 unspecified atom stereocenters. The number of hydrogen-bond acceptors (Lipinski definition) is 7. The van der Waals surface area contributed by atoms with Crippen LogP contribution in [-0.4, -0.2) is 59.1 Å². The van der Waals surface area contributed by atoms with Crippen molar-refractivity contribution in [2.45, 2.75) is 87.9 Å². The molecule has 1 aliphatic carbocycles. The summed E-state index contributed by atoms with van der Waals surface area (Å²) in [5.41, 5.74) is 8.17. The predicted octanol–water partition coefficient (Wildman–Crippen LogP) is 6.69. The van der Waals surface area contributed by atoms with Crippen LogP contribution in [0.3, 0.4) is 0 Å². The number of aliphatic hydroxyl groups excluding tert-OH is 2. The van der Waals surface area contributed by atoms with Gasteiger partial charge >= 0.3 is 0 Å². The quantitative estimate of drug-likeness (QED) is 0.0896. The number of hydrogen-bond donors (Lipinski definition) is 4. The lowest BCUT2D eigenvalue weighted by atomic mass is 9.86. The molecule has 0 amide bonds. The van der Waals surface area contributed by atoms with E-state index in [4.69, 9.17) is 5.73 Å². The van der Waals surface area contributed by atoms with Crippen molar-refractivity contribution in [2.75, 3.05) is 20.2 Å². The normalized spacial score (nSPS) is 15.0. The van der Waals surface area contributed by atoms with Gasteiger partial charge in [-0.3, -0.25) is 0 Å². The second-order valence-electron chi connectivity index (χ2n) is 12.5. The maximum Gasteiger partial charge on any atom is 0.137 e. The van der Waals surface area contributed by atoms with Crippen molar-refractivity contribution in [3.05, 3.63) is 101 Å². The Hall–Kier alpha value is -2.66. The van der Waals surface area contributed by atoms with E-state index in [1.807, 2.05) is 12.1 Å². The average Bonchev–Trinajstić information content (AvgIpc) is 3.91. The van der Waals surface area contributed by atoms with Crippen LogP contribution in [0.25, 0.3) is 0 Å². The number of aliphatic hydroxyl groups is 2. The Kier molecular flexibility index (Phi) is 16.3. The van der Waals surface area contributed by atoms with Gasteiger partial charge in [-0.15, -0.1) is 0 Å². The summed E-state index contributed by atoms with van der Waals surface area (Å²) in [7, 11) is 2.08. The maximum atomic E-state index is 12.9. The fourth-order valence-corrected chi connectivity index (χ4v) is 6.60. The molecular weight excluding hydrogens is 604 g/mol. The van der Waals surface area contributed by atoms with Gasteiger partial charge in [-0.2, -0.15) is 0 Å². The number of carbonyl (C=O) groups excluding carboxylic acids is 1. The van der Waals surface area contributed by atoms with Gasteiger partial charge in [0.2, 0.25) is 0 Å². The van der Waals surface area contributed by atoms with E-state index in [0.717, 1.165) is 37.3 Å². The number of nitrogens with one attached hydrogen (secondary N) is 1. The summed E-state index contributed by atoms with van der Waals surface area (Å²) >= 11 is 1.74. The highest BCUT2D eigenvalue weighted by Crippen LogP contribution is 2.35. The van der Waals surface area contributed by atoms with Gasteiger partial charge in [-0.05, 0) is 116 Å². The summed E-state index contributed by atoms with van der Waals surface area (Å²) in [5.74, 6) is 0.382. The van der Waals surface area contributed by atoms with E-state index in [-0.39, 0.29) is 30.9 Å². The first-order chi connectivity index (χ1) is 22.2. The van der Waals surface area contributed by atoms with Crippen LogP contribution in [0.15, 0.2) is 77.7 Å². The molecule has 0 radical (unpaired) electrons. The molecule has 4 rings (SSSR count). The molecule has 1 aliphatic rings. The van der Waals surface area contributed by atoms with E-state index in [9.17, 15) is 23.8 Å². The first-order valence-corrected chi connectivity index (χ1v) is 17.1. The highest BCUT2D eigenvalue weighted by Gasteiger charge is 2.30. The van der Waals surface area contributed by atoms with Crippen LogP contribution in [0.1, 0.15) is 75.0 Å². The van der Waals surface area contributed by atoms with Gasteiger partial charge < -0.3 is 26.1 Å². The molecule has 1 saturated carbocycles. The summed E-state index contributed by atoms with van der Waals surface area (Å²) in [6, 6.07) is 19.7. The first-order valence-electron chi connectivity index (χ1n) is 16.3. The number of nitrogens with zero attached hydrogens (tertiary/aromatic N) is 1. The molecule has 0 saturated heterocycles. The summed E-state index contributed by atoms with van der Waals surface area (Å²) in [6.07, 6.45) is 7.88. The Labute approximate surface area is 277 Å². The Morgan fingerprint density at radius 1 is 0.913 bits per heavy atom. The number of halogens is 2. The Bertz CT molecular complexity index is 1230. The van der Waals surface area contributed by atoms with Crippen molar-refractivity contribution >= 4 is 18.2 Å². The van der Waals surface area contributed by atoms with Crippen LogP contribution in [0, 0.1) is 23.5 Å². The molecule has 0 aromatic heterocycles. The fourth-order valence-electron chi connectivity index (χ4n) is 5.55. The van der Waals surface area contributed by atoms with Crippen LogP contribution in [0.2, 0.25) is 0 Å². The van der Waals surface area contributed by atoms with Gasteiger partial charge in [0, 0.05) is 29.4 Å². The highest BCUT2D eigenvalue weighted by atomic mass is 32.2. The minimum absolute atomic E-state index is 0.0783. The smallest absolute Gasteiger partial charge is 0.137 e. The molecular formula is C37H51F2N3O3S. The van der Waals surface area contributed by atoms with Crippen molar-refractivity contribution in [2.24, 2.45) is 17.6 Å². The van der Waals surface area contributed by atoms with Gasteiger partial charge in [0.05, 0.1) is 19.3 Å². The van der Waals surface area contributed by atoms with Crippen LogP contribution in [-0.2, 0) is 11.4 Å². The standard InChI is InChI=1S/C22H38N2O2S.C15H13F2NO/c1-17(2)13-14-24(27-21-11-7-18(15-25)8-12-21)20(16-26)5-4-6-22(23-3)19-9-10-19;16-12-5-1-10(2-6-12)15(14(18)9-19)11-3-7-13(17)8-4-11/h7-8,11-12,17,19-20,22-23,25-26H,4-6,9-10,13-16H2,1-3H3;1-9,14-15H,18H2. The van der Waals surface area contributed by atoms with E-state index < -0.39 is 12.0 Å². The molecule has 252 valence electrons. The maximum absolute atomic E-state index is 12.9. The monoisotopic (exact) mass is 655 g/mol. The lowest BCUT2D eigenvalue weighted by Crippen LogP contribution is -2.35. The average molecular weight is 656 g/mol. The van der Waals surface area contributed by atoms with E-state index >= 15 is 0 Å². The molecule has 9 heteroatoms. The van der Waals surface area contributed by atoms with E-state index in [1.165, 1.54) is 48.4 Å². The van der Waals surface area contributed by atoms with Gasteiger partial charge in [-0.1, -0.05) is 56.7 Å². The third-order valence-corrected chi connectivity index (χ3v) is 9.69. The lowest BCUT2D eigenvalue weighted by molar-refractivity contribution is -0.109. The number of aldehydes is 1. The molecule has 0 bridgehead atoms. The molecule has 3 aromatic rings. The third-order valence-electron chi connectivity index (χ3n) is 8.49. The number of benzene rings is 3. The first kappa shape index (κ1) is 37.8. The Balaban J connectivity index is 0.000000266. The molecule has 6 nitrogen and oxygen atoms in total. The van der Waals surface area contributed by atoms with Crippen molar-refractivity contribution < 1.29 is 23.8 Å². The number of nitrogens with two attached hydrogens (primary N) is 1. The summed E-state index contributed by atoms with van der Waals surface area (Å²) < 4.78 is 28.3. The van der Waals surface area contributed by atoms with E-state index in [1.54, 1.807) is 36.2 Å². The minimum Gasteiger partial charge on any atom is -0.395 e. The molecule has 0 heterocycles. The van der Waals surface area contributed by atoms with Crippen LogP contribution in [0.4, 0.5) is 8.78 Å². The SMILES string of the molecule is CNC(CCCC(CO)N(CCC(C)C)Sc1ccc(CO)cc1)C1CC1.NC(C=O)C(c1ccc(F)cc1)c1ccc(F)cc1. The summed E-state index contributed by atoms with van der Waals surface area (Å²) in [5, 5.41) is 22.8. The fraction of sp³-hybridized carbons (Fsp3) is 0.486. The third kappa shape index (κ3) is 12.5. The van der Waals surface area contributed by atoms with Crippen molar-refractivity contribution in [3.8, 4) is 0 Å². The van der Waals surface area contributed by atoms with Crippen LogP contribution >= 0.6 is 11.9 Å². The van der Waals surface area contributed by atoms with Crippen molar-refractivity contribution in [3.63, 3.8) is 0 Å². The summed E-state index contributed by atoms with van der Waals surface area (Å²) in [4.78, 5) is 12.1. The molecule has 0 aliphatic heterocycles. The topological polar surface area (TPSA) is 98.8 Å². The van der Waals surface area contributed by atoms with Gasteiger partial charge in [-0.25, -0.2) is 13.1 Å². The molecule has 1 fully saturated rings. The zero-order valence-electron chi connectivity index (χ0n) is 27.3. The van der Waals surface area contributed by atoms with Gasteiger partial charge in [0.25, 0.3) is 0 Å². The second kappa shape index (κ2) is 19.9. The second-order valence-corrected chi connectivity index (χ2v) is 13.6. The zero-order valence-corrected chi connectivity index (χ0v) is 28.1. The van der Waals surface area contributed by atoms with Crippen LogP contribution < -0.4 is 11.1 Å². The predicted molar refractivity (Wildman–Crippen MR) is 183 cm³/mol.